The second-order valence-electron chi connectivity index (χ2n) is 2.01. The molecule has 11 heavy (non-hydrogen) atoms. The topological polar surface area (TPSA) is 86.2 Å². The number of hydrogen-bond donors (Lipinski definition) is 3. The second-order valence-corrected chi connectivity index (χ2v) is 2.01. The number of aliphatic hydroxyl groups is 1. The first-order valence-corrected chi connectivity index (χ1v) is 3.12. The predicted molar refractivity (Wildman–Crippen MR) is 37.3 cm³/mol. The van der Waals surface area contributed by atoms with E-state index < -0.39 is 5.56 Å². The number of aliphatic hydroxyl groups excluding tert-OH is 1. The normalized spacial score (nSPS) is 9.91. The van der Waals surface area contributed by atoms with Crippen LogP contribution in [0.1, 0.15) is 5.56 Å². The monoisotopic (exact) mass is 156 g/mol. The molecule has 5 heteroatoms. The Balaban J connectivity index is 3.10. The third-order valence-corrected chi connectivity index (χ3v) is 1.29. The third-order valence-electron chi connectivity index (χ3n) is 1.29. The van der Waals surface area contributed by atoms with Crippen molar-refractivity contribution >= 4 is 0 Å². The first kappa shape index (κ1) is 7.74. The van der Waals surface area contributed by atoms with Gasteiger partial charge < -0.3 is 15.2 Å². The molecule has 5 nitrogen and oxygen atoms in total. The average Bonchev–Trinajstić information content (AvgIpc) is 1.97. The summed E-state index contributed by atoms with van der Waals surface area (Å²) in [6, 6.07) is 0. The van der Waals surface area contributed by atoms with E-state index in [2.05, 4.69) is 9.97 Å². The van der Waals surface area contributed by atoms with Crippen LogP contribution in [0.25, 0.3) is 0 Å². The minimum Gasteiger partial charge on any atom is -0.493 e. The Morgan fingerprint density at radius 1 is 1.64 bits per heavy atom. The highest BCUT2D eigenvalue weighted by Crippen LogP contribution is 2.05. The molecule has 3 N–H and O–H groups in total. The van der Waals surface area contributed by atoms with E-state index in [0.29, 0.717) is 0 Å². The highest BCUT2D eigenvalue weighted by atomic mass is 16.3. The van der Waals surface area contributed by atoms with Gasteiger partial charge in [0.05, 0.1) is 11.9 Å². The Morgan fingerprint density at radius 2 is 2.36 bits per heavy atom. The summed E-state index contributed by atoms with van der Waals surface area (Å²) in [4.78, 5) is 16.6. The van der Waals surface area contributed by atoms with Gasteiger partial charge in [-0.2, -0.15) is 0 Å². The summed E-state index contributed by atoms with van der Waals surface area (Å²) in [6.45, 7) is -0.178. The van der Waals surface area contributed by atoms with Gasteiger partial charge in [0.25, 0.3) is 5.56 Å². The fraction of sp³-hybridized carbons (Fsp3) is 0.333. The Hall–Kier alpha value is -1.36. The summed E-state index contributed by atoms with van der Waals surface area (Å²) in [7, 11) is 0. The Labute approximate surface area is 62.4 Å². The SMILES string of the molecule is O=c1[nH]cnc(O)c1CCO. The fourth-order valence-electron chi connectivity index (χ4n) is 0.756. The highest BCUT2D eigenvalue weighted by Gasteiger charge is 2.04. The van der Waals surface area contributed by atoms with Crippen molar-refractivity contribution in [2.45, 2.75) is 6.42 Å². The second kappa shape index (κ2) is 3.16. The van der Waals surface area contributed by atoms with Crippen molar-refractivity contribution in [1.82, 2.24) is 9.97 Å². The van der Waals surface area contributed by atoms with Crippen molar-refractivity contribution in [3.05, 3.63) is 22.2 Å². The molecule has 1 rings (SSSR count). The van der Waals surface area contributed by atoms with E-state index in [1.807, 2.05) is 0 Å². The molecule has 0 amide bonds. The van der Waals surface area contributed by atoms with E-state index in [1.54, 1.807) is 0 Å². The van der Waals surface area contributed by atoms with Crippen LogP contribution in [0.5, 0.6) is 5.88 Å². The molecule has 0 saturated heterocycles. The molecule has 0 aliphatic carbocycles. The van der Waals surface area contributed by atoms with Crippen LogP contribution < -0.4 is 5.56 Å². The number of aromatic nitrogens is 2. The van der Waals surface area contributed by atoms with Crippen LogP contribution in [0.4, 0.5) is 0 Å². The van der Waals surface area contributed by atoms with Crippen molar-refractivity contribution in [2.75, 3.05) is 6.61 Å². The maximum absolute atomic E-state index is 10.9. The van der Waals surface area contributed by atoms with Crippen LogP contribution in [-0.2, 0) is 6.42 Å². The lowest BCUT2D eigenvalue weighted by Gasteiger charge is -1.97. The number of rotatable bonds is 2. The molecular formula is C6H8N2O3. The summed E-state index contributed by atoms with van der Waals surface area (Å²) in [5.41, 5.74) is -0.290. The predicted octanol–water partition coefficient (Wildman–Crippen LogP) is -0.990. The molecule has 0 atom stereocenters. The minimum absolute atomic E-state index is 0.120. The van der Waals surface area contributed by atoms with E-state index in [0.717, 1.165) is 6.33 Å². The van der Waals surface area contributed by atoms with Gasteiger partial charge in [-0.15, -0.1) is 0 Å². The standard InChI is InChI=1S/C6H8N2O3/c9-2-1-4-5(10)7-3-8-6(4)11/h3,9H,1-2H2,(H2,7,8,10,11). The molecule has 1 heterocycles. The van der Waals surface area contributed by atoms with Gasteiger partial charge >= 0.3 is 0 Å². The van der Waals surface area contributed by atoms with Gasteiger partial charge in [0.2, 0.25) is 5.88 Å². The zero-order valence-corrected chi connectivity index (χ0v) is 5.74. The van der Waals surface area contributed by atoms with Crippen molar-refractivity contribution in [2.24, 2.45) is 0 Å². The summed E-state index contributed by atoms with van der Waals surface area (Å²) in [6.07, 6.45) is 1.23. The van der Waals surface area contributed by atoms with Crippen molar-refractivity contribution < 1.29 is 10.2 Å². The van der Waals surface area contributed by atoms with Crippen LogP contribution in [-0.4, -0.2) is 26.8 Å². The minimum atomic E-state index is -0.411. The lowest BCUT2D eigenvalue weighted by molar-refractivity contribution is 0.296. The summed E-state index contributed by atoms with van der Waals surface area (Å²) >= 11 is 0. The van der Waals surface area contributed by atoms with E-state index in [1.165, 1.54) is 0 Å². The Morgan fingerprint density at radius 3 is 2.91 bits per heavy atom. The molecule has 0 bridgehead atoms. The van der Waals surface area contributed by atoms with E-state index in [-0.39, 0.29) is 24.5 Å². The van der Waals surface area contributed by atoms with Gasteiger partial charge in [-0.1, -0.05) is 0 Å². The van der Waals surface area contributed by atoms with Crippen LogP contribution in [0, 0.1) is 0 Å². The quantitative estimate of drug-likeness (QED) is 0.513. The van der Waals surface area contributed by atoms with Gasteiger partial charge in [0.1, 0.15) is 0 Å². The lowest BCUT2D eigenvalue weighted by atomic mass is 10.2. The van der Waals surface area contributed by atoms with E-state index >= 15 is 0 Å². The lowest BCUT2D eigenvalue weighted by Crippen LogP contribution is -2.14. The molecule has 0 spiro atoms. The first-order chi connectivity index (χ1) is 5.25. The molecule has 1 aromatic heterocycles. The highest BCUT2D eigenvalue weighted by molar-refractivity contribution is 5.20. The van der Waals surface area contributed by atoms with Crippen LogP contribution in [0.3, 0.4) is 0 Å². The number of aromatic amines is 1. The van der Waals surface area contributed by atoms with Gasteiger partial charge in [0, 0.05) is 13.0 Å². The molecular weight excluding hydrogens is 148 g/mol. The largest absolute Gasteiger partial charge is 0.493 e. The number of nitrogens with one attached hydrogen (secondary N) is 1. The molecule has 0 radical (unpaired) electrons. The average molecular weight is 156 g/mol. The van der Waals surface area contributed by atoms with E-state index in [4.69, 9.17) is 10.2 Å². The summed E-state index contributed by atoms with van der Waals surface area (Å²) in [5, 5.41) is 17.5. The zero-order chi connectivity index (χ0) is 8.27. The Kier molecular flexibility index (Phi) is 2.22. The molecule has 0 unspecified atom stereocenters. The van der Waals surface area contributed by atoms with Crippen LogP contribution in [0.15, 0.2) is 11.1 Å². The smallest absolute Gasteiger partial charge is 0.257 e. The number of nitrogens with zero attached hydrogens (tertiary/aromatic N) is 1. The van der Waals surface area contributed by atoms with Crippen LogP contribution >= 0.6 is 0 Å². The number of aromatic hydroxyl groups is 1. The maximum atomic E-state index is 10.9. The van der Waals surface area contributed by atoms with Gasteiger partial charge in [-0.05, 0) is 0 Å². The van der Waals surface area contributed by atoms with Gasteiger partial charge in [-0.3, -0.25) is 4.79 Å². The van der Waals surface area contributed by atoms with Crippen molar-refractivity contribution in [1.29, 1.82) is 0 Å². The van der Waals surface area contributed by atoms with Crippen molar-refractivity contribution in [3.8, 4) is 5.88 Å². The summed E-state index contributed by atoms with van der Waals surface area (Å²) < 4.78 is 0. The number of hydrogen-bond acceptors (Lipinski definition) is 4. The van der Waals surface area contributed by atoms with Gasteiger partial charge in [-0.25, -0.2) is 4.98 Å². The molecule has 0 aliphatic heterocycles. The Bertz CT molecular complexity index is 294. The summed E-state index contributed by atoms with van der Waals surface area (Å²) in [5.74, 6) is -0.317. The van der Waals surface area contributed by atoms with E-state index in [9.17, 15) is 4.79 Å². The molecule has 0 saturated carbocycles. The molecule has 0 fully saturated rings. The fourth-order valence-corrected chi connectivity index (χ4v) is 0.756. The van der Waals surface area contributed by atoms with Crippen LogP contribution in [0.2, 0.25) is 0 Å². The zero-order valence-electron chi connectivity index (χ0n) is 5.74. The molecule has 0 aliphatic rings. The molecule has 1 aromatic rings. The van der Waals surface area contributed by atoms with Gasteiger partial charge in [0.15, 0.2) is 0 Å². The molecule has 60 valence electrons. The first-order valence-electron chi connectivity index (χ1n) is 3.12. The third kappa shape index (κ3) is 1.56. The maximum Gasteiger partial charge on any atom is 0.257 e. The molecule has 0 aromatic carbocycles. The number of H-pyrrole nitrogens is 1. The van der Waals surface area contributed by atoms with Crippen molar-refractivity contribution in [3.63, 3.8) is 0 Å².